The Morgan fingerprint density at radius 3 is 2.95 bits per heavy atom. The van der Waals surface area contributed by atoms with E-state index in [9.17, 15) is 8.42 Å². The van der Waals surface area contributed by atoms with Gasteiger partial charge in [0.25, 0.3) is 0 Å². The highest BCUT2D eigenvalue weighted by Crippen LogP contribution is 2.31. The van der Waals surface area contributed by atoms with Crippen LogP contribution in [0.4, 0.5) is 0 Å². The zero-order chi connectivity index (χ0) is 14.6. The Labute approximate surface area is 120 Å². The molecule has 0 aliphatic carbocycles. The molecule has 2 atom stereocenters. The SMILES string of the molecule is CCNC(CC1CCS(=O)(=O)C1)c1ncccc1OC. The molecular weight excluding hydrogens is 276 g/mol. The minimum absolute atomic E-state index is 0.0365. The summed E-state index contributed by atoms with van der Waals surface area (Å²) in [7, 11) is -1.20. The smallest absolute Gasteiger partial charge is 0.150 e. The van der Waals surface area contributed by atoms with E-state index in [1.54, 1.807) is 13.3 Å². The molecule has 1 aromatic heterocycles. The van der Waals surface area contributed by atoms with Crippen molar-refractivity contribution < 1.29 is 13.2 Å². The van der Waals surface area contributed by atoms with E-state index in [0.717, 1.165) is 30.8 Å². The van der Waals surface area contributed by atoms with E-state index < -0.39 is 9.84 Å². The van der Waals surface area contributed by atoms with Crippen LogP contribution in [0.15, 0.2) is 18.3 Å². The molecule has 0 saturated carbocycles. The second kappa shape index (κ2) is 6.54. The molecule has 6 heteroatoms. The van der Waals surface area contributed by atoms with E-state index in [0.29, 0.717) is 11.5 Å². The first-order valence-corrected chi connectivity index (χ1v) is 8.80. The van der Waals surface area contributed by atoms with E-state index in [1.165, 1.54) is 0 Å². The van der Waals surface area contributed by atoms with Crippen molar-refractivity contribution in [3.8, 4) is 5.75 Å². The zero-order valence-corrected chi connectivity index (χ0v) is 12.8. The summed E-state index contributed by atoms with van der Waals surface area (Å²) in [5.41, 5.74) is 0.862. The monoisotopic (exact) mass is 298 g/mol. The van der Waals surface area contributed by atoms with Crippen LogP contribution in [0, 0.1) is 5.92 Å². The average molecular weight is 298 g/mol. The van der Waals surface area contributed by atoms with E-state index >= 15 is 0 Å². The fraction of sp³-hybridized carbons (Fsp3) is 0.643. The van der Waals surface area contributed by atoms with E-state index in [-0.39, 0.29) is 12.0 Å². The fourth-order valence-corrected chi connectivity index (χ4v) is 4.65. The van der Waals surface area contributed by atoms with Gasteiger partial charge >= 0.3 is 0 Å². The van der Waals surface area contributed by atoms with Crippen molar-refractivity contribution in [1.29, 1.82) is 0 Å². The van der Waals surface area contributed by atoms with Gasteiger partial charge in [0.1, 0.15) is 5.75 Å². The molecule has 20 heavy (non-hydrogen) atoms. The van der Waals surface area contributed by atoms with Crippen LogP contribution >= 0.6 is 0 Å². The third kappa shape index (κ3) is 3.70. The minimum atomic E-state index is -2.83. The molecule has 2 heterocycles. The molecule has 112 valence electrons. The van der Waals surface area contributed by atoms with E-state index in [1.807, 2.05) is 19.1 Å². The van der Waals surface area contributed by atoms with Crippen LogP contribution < -0.4 is 10.1 Å². The maximum Gasteiger partial charge on any atom is 0.150 e. The predicted octanol–water partition coefficient (Wildman–Crippen LogP) is 1.57. The summed E-state index contributed by atoms with van der Waals surface area (Å²) in [6.07, 6.45) is 3.27. The third-order valence-corrected chi connectivity index (χ3v) is 5.53. The molecule has 0 radical (unpaired) electrons. The molecule has 1 fully saturated rings. The van der Waals surface area contributed by atoms with Gasteiger partial charge in [0.15, 0.2) is 9.84 Å². The van der Waals surface area contributed by atoms with Crippen LogP contribution in [0.25, 0.3) is 0 Å². The third-order valence-electron chi connectivity index (χ3n) is 3.70. The molecular formula is C14H22N2O3S. The predicted molar refractivity (Wildman–Crippen MR) is 78.6 cm³/mol. The molecule has 1 saturated heterocycles. The van der Waals surface area contributed by atoms with Crippen molar-refractivity contribution in [2.45, 2.75) is 25.8 Å². The highest BCUT2D eigenvalue weighted by Gasteiger charge is 2.31. The number of ether oxygens (including phenoxy) is 1. The van der Waals surface area contributed by atoms with Crippen LogP contribution in [-0.2, 0) is 9.84 Å². The van der Waals surface area contributed by atoms with Crippen LogP contribution in [0.1, 0.15) is 31.5 Å². The second-order valence-electron chi connectivity index (χ2n) is 5.21. The number of hydrogen-bond acceptors (Lipinski definition) is 5. The van der Waals surface area contributed by atoms with Gasteiger partial charge in [-0.2, -0.15) is 0 Å². The number of hydrogen-bond donors (Lipinski definition) is 1. The first-order valence-electron chi connectivity index (χ1n) is 6.98. The van der Waals surface area contributed by atoms with Crippen LogP contribution in [0.5, 0.6) is 5.75 Å². The maximum atomic E-state index is 11.6. The Kier molecular flexibility index (Phi) is 4.99. The van der Waals surface area contributed by atoms with E-state index in [2.05, 4.69) is 10.3 Å². The van der Waals surface area contributed by atoms with Crippen molar-refractivity contribution in [2.75, 3.05) is 25.2 Å². The van der Waals surface area contributed by atoms with Crippen molar-refractivity contribution >= 4 is 9.84 Å². The standard InChI is InChI=1S/C14H22N2O3S/c1-3-15-12(9-11-6-8-20(17,18)10-11)14-13(19-2)5-4-7-16-14/h4-5,7,11-12,15H,3,6,8-10H2,1-2H3. The number of methoxy groups -OCH3 is 1. The summed E-state index contributed by atoms with van der Waals surface area (Å²) < 4.78 is 28.5. The highest BCUT2D eigenvalue weighted by molar-refractivity contribution is 7.91. The van der Waals surface area contributed by atoms with Crippen LogP contribution in [0.2, 0.25) is 0 Å². The number of nitrogens with one attached hydrogen (secondary N) is 1. The largest absolute Gasteiger partial charge is 0.495 e. The molecule has 0 bridgehead atoms. The number of aromatic nitrogens is 1. The molecule has 1 aliphatic heterocycles. The Balaban J connectivity index is 2.15. The van der Waals surface area contributed by atoms with Gasteiger partial charge in [-0.15, -0.1) is 0 Å². The highest BCUT2D eigenvalue weighted by atomic mass is 32.2. The van der Waals surface area contributed by atoms with Gasteiger partial charge in [-0.25, -0.2) is 8.42 Å². The molecule has 1 aliphatic rings. The normalized spacial score (nSPS) is 22.6. The van der Waals surface area contributed by atoms with Crippen molar-refractivity contribution in [2.24, 2.45) is 5.92 Å². The fourth-order valence-electron chi connectivity index (χ4n) is 2.77. The molecule has 2 unspecified atom stereocenters. The quantitative estimate of drug-likeness (QED) is 0.863. The molecule has 0 amide bonds. The Morgan fingerprint density at radius 2 is 2.35 bits per heavy atom. The molecule has 5 nitrogen and oxygen atoms in total. The van der Waals surface area contributed by atoms with Crippen molar-refractivity contribution in [3.05, 3.63) is 24.0 Å². The molecule has 0 spiro atoms. The number of nitrogens with zero attached hydrogens (tertiary/aromatic N) is 1. The lowest BCUT2D eigenvalue weighted by molar-refractivity contribution is 0.372. The maximum absolute atomic E-state index is 11.6. The van der Waals surface area contributed by atoms with Gasteiger partial charge in [0, 0.05) is 6.20 Å². The van der Waals surface area contributed by atoms with Crippen molar-refractivity contribution in [1.82, 2.24) is 10.3 Å². The Morgan fingerprint density at radius 1 is 1.55 bits per heavy atom. The first-order chi connectivity index (χ1) is 9.55. The topological polar surface area (TPSA) is 68.3 Å². The minimum Gasteiger partial charge on any atom is -0.495 e. The Bertz CT molecular complexity index is 545. The molecule has 1 aromatic rings. The summed E-state index contributed by atoms with van der Waals surface area (Å²) >= 11 is 0. The Hall–Kier alpha value is -1.14. The van der Waals surface area contributed by atoms with Gasteiger partial charge in [0.2, 0.25) is 0 Å². The van der Waals surface area contributed by atoms with Gasteiger partial charge in [-0.05, 0) is 37.4 Å². The number of rotatable bonds is 6. The summed E-state index contributed by atoms with van der Waals surface area (Å²) in [6, 6.07) is 3.76. The lowest BCUT2D eigenvalue weighted by atomic mass is 9.96. The van der Waals surface area contributed by atoms with Crippen molar-refractivity contribution in [3.63, 3.8) is 0 Å². The van der Waals surface area contributed by atoms with Crippen LogP contribution in [0.3, 0.4) is 0 Å². The molecule has 1 N–H and O–H groups in total. The van der Waals surface area contributed by atoms with Gasteiger partial charge < -0.3 is 10.1 Å². The van der Waals surface area contributed by atoms with E-state index in [4.69, 9.17) is 4.74 Å². The first kappa shape index (κ1) is 15.3. The second-order valence-corrected chi connectivity index (χ2v) is 7.43. The van der Waals surface area contributed by atoms with Crippen LogP contribution in [-0.4, -0.2) is 38.6 Å². The lowest BCUT2D eigenvalue weighted by Crippen LogP contribution is -2.25. The average Bonchev–Trinajstić information content (AvgIpc) is 2.77. The summed E-state index contributed by atoms with van der Waals surface area (Å²) in [4.78, 5) is 4.41. The summed E-state index contributed by atoms with van der Waals surface area (Å²) in [6.45, 7) is 2.84. The van der Waals surface area contributed by atoms with Gasteiger partial charge in [0.05, 0.1) is 30.4 Å². The molecule has 0 aromatic carbocycles. The number of pyridine rings is 1. The van der Waals surface area contributed by atoms with Gasteiger partial charge in [-0.3, -0.25) is 4.98 Å². The molecule has 2 rings (SSSR count). The summed E-state index contributed by atoms with van der Waals surface area (Å²) in [5, 5.41) is 3.39. The zero-order valence-electron chi connectivity index (χ0n) is 12.0. The summed E-state index contributed by atoms with van der Waals surface area (Å²) in [5.74, 6) is 1.56. The van der Waals surface area contributed by atoms with Gasteiger partial charge in [-0.1, -0.05) is 6.92 Å². The number of sulfone groups is 1. The lowest BCUT2D eigenvalue weighted by Gasteiger charge is -2.22.